The van der Waals surface area contributed by atoms with Crippen molar-refractivity contribution in [3.63, 3.8) is 0 Å². The molecule has 0 spiro atoms. The molecule has 5 nitrogen and oxygen atoms in total. The van der Waals surface area contributed by atoms with Crippen LogP contribution < -0.4 is 15.4 Å². The van der Waals surface area contributed by atoms with Gasteiger partial charge >= 0.3 is 0 Å². The molecule has 3 N–H and O–H groups in total. The van der Waals surface area contributed by atoms with E-state index in [9.17, 15) is 9.90 Å². The summed E-state index contributed by atoms with van der Waals surface area (Å²) in [4.78, 5) is 12.1. The van der Waals surface area contributed by atoms with Gasteiger partial charge in [-0.1, -0.05) is 0 Å². The molecule has 0 bridgehead atoms. The Morgan fingerprint density at radius 1 is 1.13 bits per heavy atom. The van der Waals surface area contributed by atoms with E-state index in [2.05, 4.69) is 10.6 Å². The number of phenols is 1. The number of aryl methyl sites for hydroxylation is 2. The third-order valence-corrected chi connectivity index (χ3v) is 3.64. The maximum absolute atomic E-state index is 12.1. The Hall–Kier alpha value is -2.60. The van der Waals surface area contributed by atoms with E-state index < -0.39 is 0 Å². The number of rotatable bonds is 3. The van der Waals surface area contributed by atoms with Crippen LogP contribution in [-0.4, -0.2) is 23.2 Å². The molecule has 0 radical (unpaired) electrons. The Kier molecular flexibility index (Phi) is 5.18. The lowest BCUT2D eigenvalue weighted by atomic mass is 10.1. The van der Waals surface area contributed by atoms with Crippen LogP contribution in [0.4, 0.5) is 5.69 Å². The number of phenolic OH excluding ortho intramolecular Hbond substituents is 1. The Balaban J connectivity index is 2.04. The first-order valence-electron chi connectivity index (χ1n) is 6.97. The number of hydrogen-bond donors (Lipinski definition) is 3. The summed E-state index contributed by atoms with van der Waals surface area (Å²) in [6.07, 6.45) is 0. The number of amides is 1. The second-order valence-electron chi connectivity index (χ2n) is 5.09. The third-order valence-electron chi connectivity index (χ3n) is 3.44. The molecule has 0 heterocycles. The largest absolute Gasteiger partial charge is 0.506 e. The Morgan fingerprint density at radius 2 is 1.74 bits per heavy atom. The van der Waals surface area contributed by atoms with Gasteiger partial charge in [-0.2, -0.15) is 0 Å². The van der Waals surface area contributed by atoms with Crippen LogP contribution >= 0.6 is 12.2 Å². The van der Waals surface area contributed by atoms with Crippen LogP contribution in [0.1, 0.15) is 21.5 Å². The molecule has 120 valence electrons. The second kappa shape index (κ2) is 7.11. The zero-order valence-corrected chi connectivity index (χ0v) is 14.0. The van der Waals surface area contributed by atoms with Crippen molar-refractivity contribution in [1.82, 2.24) is 5.32 Å². The van der Waals surface area contributed by atoms with E-state index in [4.69, 9.17) is 17.0 Å². The number of methoxy groups -OCH3 is 1. The van der Waals surface area contributed by atoms with E-state index in [-0.39, 0.29) is 16.8 Å². The Morgan fingerprint density at radius 3 is 2.35 bits per heavy atom. The lowest BCUT2D eigenvalue weighted by Crippen LogP contribution is -2.34. The van der Waals surface area contributed by atoms with E-state index in [1.165, 1.54) is 0 Å². The number of benzene rings is 2. The molecule has 2 aromatic rings. The average molecular weight is 330 g/mol. The molecule has 0 atom stereocenters. The van der Waals surface area contributed by atoms with Crippen LogP contribution in [0.2, 0.25) is 0 Å². The molecule has 0 saturated heterocycles. The van der Waals surface area contributed by atoms with Crippen molar-refractivity contribution in [3.8, 4) is 11.5 Å². The van der Waals surface area contributed by atoms with Crippen molar-refractivity contribution < 1.29 is 14.6 Å². The van der Waals surface area contributed by atoms with Gasteiger partial charge in [0.1, 0.15) is 11.5 Å². The highest BCUT2D eigenvalue weighted by Crippen LogP contribution is 2.26. The highest BCUT2D eigenvalue weighted by atomic mass is 32.1. The summed E-state index contributed by atoms with van der Waals surface area (Å²) in [5, 5.41) is 15.4. The summed E-state index contributed by atoms with van der Waals surface area (Å²) in [5.74, 6) is 0.407. The lowest BCUT2D eigenvalue weighted by Gasteiger charge is -2.13. The molecule has 23 heavy (non-hydrogen) atoms. The Labute approximate surface area is 140 Å². The molecule has 0 aliphatic rings. The molecule has 0 unspecified atom stereocenters. The van der Waals surface area contributed by atoms with E-state index in [1.54, 1.807) is 43.5 Å². The monoisotopic (exact) mass is 330 g/mol. The van der Waals surface area contributed by atoms with Crippen molar-refractivity contribution in [3.05, 3.63) is 53.1 Å². The molecule has 0 aromatic heterocycles. The van der Waals surface area contributed by atoms with Gasteiger partial charge in [-0.25, -0.2) is 0 Å². The molecule has 0 fully saturated rings. The highest BCUT2D eigenvalue weighted by molar-refractivity contribution is 7.80. The summed E-state index contributed by atoms with van der Waals surface area (Å²) in [6.45, 7) is 3.83. The van der Waals surface area contributed by atoms with Crippen molar-refractivity contribution >= 4 is 28.9 Å². The first-order valence-corrected chi connectivity index (χ1v) is 7.38. The number of anilines is 1. The number of aromatic hydroxyl groups is 1. The molecule has 0 aliphatic heterocycles. The van der Waals surface area contributed by atoms with Crippen LogP contribution in [0.3, 0.4) is 0 Å². The molecule has 2 aromatic carbocycles. The van der Waals surface area contributed by atoms with Crippen LogP contribution in [0.5, 0.6) is 11.5 Å². The van der Waals surface area contributed by atoms with Gasteiger partial charge < -0.3 is 15.2 Å². The number of carbonyl (C=O) groups is 1. The van der Waals surface area contributed by atoms with Crippen LogP contribution in [-0.2, 0) is 0 Å². The van der Waals surface area contributed by atoms with Gasteiger partial charge in [0.05, 0.1) is 12.8 Å². The summed E-state index contributed by atoms with van der Waals surface area (Å²) in [6, 6.07) is 10.1. The summed E-state index contributed by atoms with van der Waals surface area (Å²) in [7, 11) is 1.56. The maximum atomic E-state index is 12.1. The number of carbonyl (C=O) groups excluding carboxylic acids is 1. The second-order valence-corrected chi connectivity index (χ2v) is 5.50. The number of thiocarbonyl (C=S) groups is 1. The average Bonchev–Trinajstić information content (AvgIpc) is 2.52. The molecule has 6 heteroatoms. The van der Waals surface area contributed by atoms with E-state index in [1.807, 2.05) is 13.8 Å². The maximum Gasteiger partial charge on any atom is 0.257 e. The molecule has 2 rings (SSSR count). The van der Waals surface area contributed by atoms with Crippen LogP contribution in [0, 0.1) is 13.8 Å². The van der Waals surface area contributed by atoms with Gasteiger partial charge in [0.25, 0.3) is 5.91 Å². The summed E-state index contributed by atoms with van der Waals surface area (Å²) < 4.78 is 5.05. The third kappa shape index (κ3) is 4.20. The van der Waals surface area contributed by atoms with E-state index >= 15 is 0 Å². The summed E-state index contributed by atoms with van der Waals surface area (Å²) >= 11 is 5.12. The normalized spacial score (nSPS) is 10.0. The van der Waals surface area contributed by atoms with Gasteiger partial charge in [-0.15, -0.1) is 0 Å². The van der Waals surface area contributed by atoms with Crippen molar-refractivity contribution in [1.29, 1.82) is 0 Å². The Bertz CT molecular complexity index is 742. The van der Waals surface area contributed by atoms with Crippen molar-refractivity contribution in [2.24, 2.45) is 0 Å². The van der Waals surface area contributed by atoms with Crippen molar-refractivity contribution in [2.75, 3.05) is 12.4 Å². The number of nitrogens with one attached hydrogen (secondary N) is 2. The minimum absolute atomic E-state index is 0.0779. The molecular weight excluding hydrogens is 312 g/mol. The minimum atomic E-state index is -0.339. The quantitative estimate of drug-likeness (QED) is 0.596. The van der Waals surface area contributed by atoms with Gasteiger partial charge in [0, 0.05) is 5.56 Å². The fraction of sp³-hybridized carbons (Fsp3) is 0.176. The zero-order valence-electron chi connectivity index (χ0n) is 13.1. The SMILES string of the molecule is COc1ccc(C(=O)NC(=S)Nc2cc(C)c(C)cc2O)cc1. The zero-order chi connectivity index (χ0) is 17.0. The molecule has 0 aliphatic carbocycles. The predicted molar refractivity (Wildman–Crippen MR) is 94.3 cm³/mol. The van der Waals surface area contributed by atoms with Crippen LogP contribution in [0.25, 0.3) is 0 Å². The molecule has 1 amide bonds. The highest BCUT2D eigenvalue weighted by Gasteiger charge is 2.10. The fourth-order valence-corrected chi connectivity index (χ4v) is 2.17. The van der Waals surface area contributed by atoms with Gasteiger partial charge in [0.2, 0.25) is 0 Å². The predicted octanol–water partition coefficient (Wildman–Crippen LogP) is 3.14. The fourth-order valence-electron chi connectivity index (χ4n) is 1.97. The minimum Gasteiger partial charge on any atom is -0.506 e. The topological polar surface area (TPSA) is 70.6 Å². The lowest BCUT2D eigenvalue weighted by molar-refractivity contribution is 0.0977. The smallest absolute Gasteiger partial charge is 0.257 e. The van der Waals surface area contributed by atoms with Crippen molar-refractivity contribution in [2.45, 2.75) is 13.8 Å². The standard InChI is InChI=1S/C17H18N2O3S/c1-10-8-14(15(20)9-11(10)2)18-17(23)19-16(21)12-4-6-13(22-3)7-5-12/h4-9,20H,1-3H3,(H2,18,19,21,23). The number of hydrogen-bond acceptors (Lipinski definition) is 4. The number of ether oxygens (including phenoxy) is 1. The van der Waals surface area contributed by atoms with Gasteiger partial charge in [0.15, 0.2) is 5.11 Å². The first kappa shape index (κ1) is 16.8. The summed E-state index contributed by atoms with van der Waals surface area (Å²) in [5.41, 5.74) is 2.89. The molecule has 0 saturated carbocycles. The molecular formula is C17H18N2O3S. The first-order chi connectivity index (χ1) is 10.9. The van der Waals surface area contributed by atoms with E-state index in [0.29, 0.717) is 17.0 Å². The van der Waals surface area contributed by atoms with E-state index in [0.717, 1.165) is 11.1 Å². The van der Waals surface area contributed by atoms with Crippen LogP contribution in [0.15, 0.2) is 36.4 Å². The van der Waals surface area contributed by atoms with Gasteiger partial charge in [-0.05, 0) is 73.6 Å². The van der Waals surface area contributed by atoms with Gasteiger partial charge in [-0.3, -0.25) is 10.1 Å².